The van der Waals surface area contributed by atoms with Crippen molar-refractivity contribution in [2.45, 2.75) is 46.8 Å². The number of nitrogens with zero attached hydrogens (tertiary/aromatic N) is 3. The molecule has 0 fully saturated rings. The first-order chi connectivity index (χ1) is 16.0. The van der Waals surface area contributed by atoms with Crippen LogP contribution in [0.25, 0.3) is 10.9 Å². The van der Waals surface area contributed by atoms with Crippen LogP contribution >= 0.6 is 12.4 Å². The monoisotopic (exact) mass is 478 g/mol. The molecule has 34 heavy (non-hydrogen) atoms. The number of hydrogen-bond donors (Lipinski definition) is 1. The van der Waals surface area contributed by atoms with E-state index >= 15 is 0 Å². The molecule has 1 aliphatic rings. The second-order valence-corrected chi connectivity index (χ2v) is 8.98. The molecule has 1 N–H and O–H groups in total. The van der Waals surface area contributed by atoms with Crippen molar-refractivity contribution in [1.82, 2.24) is 14.9 Å². The fourth-order valence-corrected chi connectivity index (χ4v) is 4.95. The quantitative estimate of drug-likeness (QED) is 0.372. The molecule has 6 heteroatoms. The third-order valence-corrected chi connectivity index (χ3v) is 6.86. The zero-order chi connectivity index (χ0) is 22.9. The smallest absolute Gasteiger partial charge is 0.153 e. The highest BCUT2D eigenvalue weighted by Crippen LogP contribution is 2.35. The minimum atomic E-state index is -0.197. The maximum atomic E-state index is 13.9. The highest BCUT2D eigenvalue weighted by Gasteiger charge is 2.24. The van der Waals surface area contributed by atoms with Crippen LogP contribution in [0, 0.1) is 19.7 Å². The van der Waals surface area contributed by atoms with E-state index in [4.69, 9.17) is 4.98 Å². The van der Waals surface area contributed by atoms with E-state index < -0.39 is 0 Å². The van der Waals surface area contributed by atoms with Crippen LogP contribution in [-0.4, -0.2) is 22.6 Å². The molecule has 0 atom stereocenters. The van der Waals surface area contributed by atoms with Crippen molar-refractivity contribution in [1.29, 1.82) is 0 Å². The van der Waals surface area contributed by atoms with Gasteiger partial charge in [-0.05, 0) is 67.3 Å². The summed E-state index contributed by atoms with van der Waals surface area (Å²) in [5.41, 5.74) is 8.43. The van der Waals surface area contributed by atoms with Crippen LogP contribution in [-0.2, 0) is 26.1 Å². The molecule has 2 aromatic heterocycles. The van der Waals surface area contributed by atoms with Crippen molar-refractivity contribution in [3.63, 3.8) is 0 Å². The van der Waals surface area contributed by atoms with Crippen molar-refractivity contribution >= 4 is 29.1 Å². The Morgan fingerprint density at radius 1 is 1.03 bits per heavy atom. The Bertz CT molecular complexity index is 1310. The Morgan fingerprint density at radius 2 is 1.82 bits per heavy atom. The second-order valence-electron chi connectivity index (χ2n) is 8.98. The molecule has 0 spiro atoms. The fraction of sp³-hybridized carbons (Fsp3) is 0.321. The van der Waals surface area contributed by atoms with Gasteiger partial charge in [0.2, 0.25) is 0 Å². The van der Waals surface area contributed by atoms with Gasteiger partial charge in [-0.15, -0.1) is 12.4 Å². The predicted molar refractivity (Wildman–Crippen MR) is 141 cm³/mol. The number of halogens is 2. The Balaban J connectivity index is 0.00000274. The zero-order valence-electron chi connectivity index (χ0n) is 20.1. The number of hydrogen-bond acceptors (Lipinski definition) is 3. The summed E-state index contributed by atoms with van der Waals surface area (Å²) >= 11 is 0. The van der Waals surface area contributed by atoms with Crippen molar-refractivity contribution in [3.05, 3.63) is 94.1 Å². The van der Waals surface area contributed by atoms with Crippen LogP contribution in [0.1, 0.15) is 40.6 Å². The molecule has 3 heterocycles. The number of rotatable bonds is 6. The largest absolute Gasteiger partial charge is 0.350 e. The lowest BCUT2D eigenvalue weighted by molar-refractivity contribution is 0.623. The van der Waals surface area contributed by atoms with E-state index in [1.54, 1.807) is 12.1 Å². The number of pyridine rings is 1. The predicted octanol–water partition coefficient (Wildman–Crippen LogP) is 5.93. The average molecular weight is 479 g/mol. The first kappa shape index (κ1) is 24.2. The van der Waals surface area contributed by atoms with Gasteiger partial charge in [0.1, 0.15) is 5.82 Å². The summed E-state index contributed by atoms with van der Waals surface area (Å²) in [6.07, 6.45) is 1.01. The van der Waals surface area contributed by atoms with Crippen molar-refractivity contribution < 1.29 is 4.39 Å². The van der Waals surface area contributed by atoms with E-state index in [0.29, 0.717) is 6.54 Å². The molecule has 0 amide bonds. The van der Waals surface area contributed by atoms with Gasteiger partial charge in [0, 0.05) is 37.3 Å². The molecule has 4 aromatic rings. The topological polar surface area (TPSA) is 33.1 Å². The minimum Gasteiger partial charge on any atom is -0.350 e. The molecule has 178 valence electrons. The van der Waals surface area contributed by atoms with E-state index in [0.717, 1.165) is 55.2 Å². The van der Waals surface area contributed by atoms with E-state index in [-0.39, 0.29) is 18.2 Å². The molecule has 1 aliphatic heterocycles. The van der Waals surface area contributed by atoms with Crippen molar-refractivity contribution in [3.8, 4) is 0 Å². The first-order valence-electron chi connectivity index (χ1n) is 11.8. The molecule has 0 saturated carbocycles. The lowest BCUT2D eigenvalue weighted by Crippen LogP contribution is -2.32. The molecule has 5 rings (SSSR count). The maximum absolute atomic E-state index is 13.9. The van der Waals surface area contributed by atoms with Gasteiger partial charge in [0.15, 0.2) is 5.82 Å². The third-order valence-electron chi connectivity index (χ3n) is 6.86. The van der Waals surface area contributed by atoms with Gasteiger partial charge in [0.25, 0.3) is 0 Å². The molecule has 4 nitrogen and oxygen atoms in total. The zero-order valence-corrected chi connectivity index (χ0v) is 20.9. The molecule has 0 aliphatic carbocycles. The summed E-state index contributed by atoms with van der Waals surface area (Å²) in [5.74, 6) is 0.833. The fourth-order valence-electron chi connectivity index (χ4n) is 4.95. The molecule has 2 aromatic carbocycles. The molecule has 0 unspecified atom stereocenters. The SMILES string of the molecule is CCNCc1cc2c(C)c(C)n(Cc3cccc(F)c3)c2c(N2CCc3ccccc3C2)n1.Cl. The van der Waals surface area contributed by atoms with Crippen LogP contribution in [0.15, 0.2) is 54.6 Å². The standard InChI is InChI=1S/C28H31FN4.ClH/c1-4-30-16-25-15-26-19(2)20(3)33(17-21-8-7-11-24(29)14-21)27(26)28(31-25)32-13-12-22-9-5-6-10-23(22)18-32;/h5-11,14-15,30H,4,12-13,16-18H2,1-3H3;1H. The van der Waals surface area contributed by atoms with E-state index in [9.17, 15) is 4.39 Å². The third kappa shape index (κ3) is 4.55. The molecule has 0 saturated heterocycles. The average Bonchev–Trinajstić information content (AvgIpc) is 3.07. The summed E-state index contributed by atoms with van der Waals surface area (Å²) in [5, 5.41) is 4.67. The van der Waals surface area contributed by atoms with E-state index in [2.05, 4.69) is 65.9 Å². The molecular formula is C28H32ClFN4. The lowest BCUT2D eigenvalue weighted by Gasteiger charge is -2.31. The van der Waals surface area contributed by atoms with Crippen molar-refractivity contribution in [2.24, 2.45) is 0 Å². The van der Waals surface area contributed by atoms with Crippen LogP contribution in [0.3, 0.4) is 0 Å². The number of benzene rings is 2. The summed E-state index contributed by atoms with van der Waals surface area (Å²) in [6, 6.07) is 17.8. The van der Waals surface area contributed by atoms with E-state index in [1.807, 2.05) is 6.07 Å². The van der Waals surface area contributed by atoms with Crippen LogP contribution in [0.5, 0.6) is 0 Å². The van der Waals surface area contributed by atoms with Gasteiger partial charge in [-0.25, -0.2) is 9.37 Å². The van der Waals surface area contributed by atoms with Gasteiger partial charge in [-0.1, -0.05) is 43.3 Å². The number of anilines is 1. The number of aryl methyl sites for hydroxylation is 1. The Hall–Kier alpha value is -2.89. The number of nitrogens with one attached hydrogen (secondary N) is 1. The van der Waals surface area contributed by atoms with Crippen LogP contribution < -0.4 is 10.2 Å². The van der Waals surface area contributed by atoms with Gasteiger partial charge >= 0.3 is 0 Å². The van der Waals surface area contributed by atoms with Gasteiger partial charge in [-0.3, -0.25) is 0 Å². The minimum absolute atomic E-state index is 0. The summed E-state index contributed by atoms with van der Waals surface area (Å²) in [6.45, 7) is 10.5. The second kappa shape index (κ2) is 10.2. The summed E-state index contributed by atoms with van der Waals surface area (Å²) in [7, 11) is 0. The Kier molecular flexibility index (Phi) is 7.24. The number of fused-ring (bicyclic) bond motifs is 2. The van der Waals surface area contributed by atoms with Gasteiger partial charge < -0.3 is 14.8 Å². The Labute approximate surface area is 207 Å². The Morgan fingerprint density at radius 3 is 2.59 bits per heavy atom. The van der Waals surface area contributed by atoms with E-state index in [1.165, 1.54) is 33.8 Å². The molecular weight excluding hydrogens is 447 g/mol. The highest BCUT2D eigenvalue weighted by atomic mass is 35.5. The van der Waals surface area contributed by atoms with Crippen LogP contribution in [0.2, 0.25) is 0 Å². The van der Waals surface area contributed by atoms with Crippen LogP contribution in [0.4, 0.5) is 10.2 Å². The van der Waals surface area contributed by atoms with Gasteiger partial charge in [-0.2, -0.15) is 0 Å². The molecule has 0 bridgehead atoms. The first-order valence-corrected chi connectivity index (χ1v) is 11.8. The number of aromatic nitrogens is 2. The lowest BCUT2D eigenvalue weighted by atomic mass is 10.00. The normalized spacial score (nSPS) is 13.1. The summed E-state index contributed by atoms with van der Waals surface area (Å²) < 4.78 is 16.3. The summed E-state index contributed by atoms with van der Waals surface area (Å²) in [4.78, 5) is 7.60. The highest BCUT2D eigenvalue weighted by molar-refractivity contribution is 5.94. The van der Waals surface area contributed by atoms with Gasteiger partial charge in [0.05, 0.1) is 11.2 Å². The molecule has 0 radical (unpaired) electrons. The van der Waals surface area contributed by atoms with Crippen molar-refractivity contribution in [2.75, 3.05) is 18.0 Å². The maximum Gasteiger partial charge on any atom is 0.153 e.